The van der Waals surface area contributed by atoms with Gasteiger partial charge < -0.3 is 19.7 Å². The number of fused-ring (bicyclic) bond motifs is 1. The van der Waals surface area contributed by atoms with Gasteiger partial charge in [0.25, 0.3) is 0 Å². The van der Waals surface area contributed by atoms with Crippen LogP contribution < -0.4 is 5.32 Å². The number of hydrogen-bond acceptors (Lipinski definition) is 4. The lowest BCUT2D eigenvalue weighted by molar-refractivity contribution is -0.139. The normalized spacial score (nSPS) is 31.0. The van der Waals surface area contributed by atoms with E-state index in [9.17, 15) is 9.59 Å². The summed E-state index contributed by atoms with van der Waals surface area (Å²) in [5.74, 6) is 1.27. The SMILES string of the molecule is COC(=O)N[C@H](C(=O)N1C(C(C)C)C[C@@H]2CCC[C@@H]21)C1CCOCC1. The lowest BCUT2D eigenvalue weighted by Crippen LogP contribution is -2.56. The van der Waals surface area contributed by atoms with Crippen molar-refractivity contribution >= 4 is 12.0 Å². The van der Waals surface area contributed by atoms with Crippen molar-refractivity contribution in [2.75, 3.05) is 20.3 Å². The van der Waals surface area contributed by atoms with Gasteiger partial charge in [0.15, 0.2) is 0 Å². The maximum Gasteiger partial charge on any atom is 0.407 e. The maximum atomic E-state index is 13.6. The predicted octanol–water partition coefficient (Wildman–Crippen LogP) is 2.56. The molecule has 1 N–H and O–H groups in total. The Labute approximate surface area is 150 Å². The van der Waals surface area contributed by atoms with E-state index in [4.69, 9.17) is 9.47 Å². The molecule has 0 aromatic carbocycles. The van der Waals surface area contributed by atoms with Gasteiger partial charge in [-0.2, -0.15) is 0 Å². The first-order chi connectivity index (χ1) is 12.0. The van der Waals surface area contributed by atoms with Gasteiger partial charge in [-0.1, -0.05) is 20.3 Å². The van der Waals surface area contributed by atoms with Crippen molar-refractivity contribution < 1.29 is 19.1 Å². The molecule has 2 heterocycles. The molecule has 1 aliphatic carbocycles. The van der Waals surface area contributed by atoms with Gasteiger partial charge in [0.2, 0.25) is 5.91 Å². The summed E-state index contributed by atoms with van der Waals surface area (Å²) in [7, 11) is 1.35. The van der Waals surface area contributed by atoms with E-state index in [0.717, 1.165) is 25.7 Å². The number of alkyl carbamates (subject to hydrolysis) is 1. The summed E-state index contributed by atoms with van der Waals surface area (Å²) in [6, 6.07) is 0.128. The van der Waals surface area contributed by atoms with Gasteiger partial charge in [-0.25, -0.2) is 4.79 Å². The number of likely N-dealkylation sites (tertiary alicyclic amines) is 1. The fourth-order valence-corrected chi connectivity index (χ4v) is 5.03. The molecule has 2 amide bonds. The summed E-state index contributed by atoms with van der Waals surface area (Å²) < 4.78 is 10.2. The number of carbonyl (C=O) groups is 2. The maximum absolute atomic E-state index is 13.6. The molecular formula is C19H32N2O4. The van der Waals surface area contributed by atoms with Crippen LogP contribution in [0.25, 0.3) is 0 Å². The fraction of sp³-hybridized carbons (Fsp3) is 0.895. The molecular weight excluding hydrogens is 320 g/mol. The molecule has 1 saturated carbocycles. The van der Waals surface area contributed by atoms with E-state index in [1.807, 2.05) is 0 Å². The molecule has 2 aliphatic heterocycles. The highest BCUT2D eigenvalue weighted by Gasteiger charge is 2.49. The molecule has 0 spiro atoms. The van der Waals surface area contributed by atoms with Crippen molar-refractivity contribution in [3.8, 4) is 0 Å². The van der Waals surface area contributed by atoms with Crippen LogP contribution in [-0.2, 0) is 14.3 Å². The summed E-state index contributed by atoms with van der Waals surface area (Å²) in [6.07, 6.45) is 5.71. The minimum atomic E-state index is -0.520. The van der Waals surface area contributed by atoms with Gasteiger partial charge in [-0.05, 0) is 49.9 Å². The molecule has 3 fully saturated rings. The molecule has 0 aromatic rings. The van der Waals surface area contributed by atoms with Crippen LogP contribution >= 0.6 is 0 Å². The van der Waals surface area contributed by atoms with Crippen molar-refractivity contribution in [2.24, 2.45) is 17.8 Å². The van der Waals surface area contributed by atoms with Gasteiger partial charge in [0.1, 0.15) is 6.04 Å². The number of methoxy groups -OCH3 is 1. The first kappa shape index (κ1) is 18.5. The third kappa shape index (κ3) is 3.78. The van der Waals surface area contributed by atoms with Crippen LogP contribution in [-0.4, -0.2) is 55.3 Å². The van der Waals surface area contributed by atoms with E-state index in [2.05, 4.69) is 24.1 Å². The van der Waals surface area contributed by atoms with Crippen LogP contribution in [0.1, 0.15) is 52.4 Å². The first-order valence-electron chi connectivity index (χ1n) is 9.77. The molecule has 4 atom stereocenters. The van der Waals surface area contributed by atoms with E-state index in [1.165, 1.54) is 20.0 Å². The monoisotopic (exact) mass is 352 g/mol. The van der Waals surface area contributed by atoms with Crippen molar-refractivity contribution in [2.45, 2.75) is 70.5 Å². The van der Waals surface area contributed by atoms with Crippen LogP contribution in [0, 0.1) is 17.8 Å². The highest BCUT2D eigenvalue weighted by molar-refractivity contribution is 5.87. The van der Waals surface area contributed by atoms with Crippen LogP contribution in [0.3, 0.4) is 0 Å². The third-order valence-electron chi connectivity index (χ3n) is 6.36. The van der Waals surface area contributed by atoms with Crippen molar-refractivity contribution in [3.05, 3.63) is 0 Å². The molecule has 3 rings (SSSR count). The molecule has 6 heteroatoms. The van der Waals surface area contributed by atoms with E-state index in [0.29, 0.717) is 31.1 Å². The van der Waals surface area contributed by atoms with Crippen molar-refractivity contribution in [1.82, 2.24) is 10.2 Å². The Morgan fingerprint density at radius 1 is 1.16 bits per heavy atom. The highest BCUT2D eigenvalue weighted by atomic mass is 16.5. The van der Waals surface area contributed by atoms with Crippen LogP contribution in [0.4, 0.5) is 4.79 Å². The molecule has 0 aromatic heterocycles. The molecule has 3 aliphatic rings. The second-order valence-electron chi connectivity index (χ2n) is 8.11. The Morgan fingerprint density at radius 3 is 2.52 bits per heavy atom. The third-order valence-corrected chi connectivity index (χ3v) is 6.36. The number of amides is 2. The van der Waals surface area contributed by atoms with Gasteiger partial charge in [0.05, 0.1) is 7.11 Å². The number of hydrogen-bond donors (Lipinski definition) is 1. The zero-order valence-corrected chi connectivity index (χ0v) is 15.7. The van der Waals surface area contributed by atoms with E-state index >= 15 is 0 Å². The summed E-state index contributed by atoms with van der Waals surface area (Å²) in [6.45, 7) is 5.69. The zero-order valence-electron chi connectivity index (χ0n) is 15.7. The van der Waals surface area contributed by atoms with Crippen LogP contribution in [0.2, 0.25) is 0 Å². The number of nitrogens with zero attached hydrogens (tertiary/aromatic N) is 1. The minimum Gasteiger partial charge on any atom is -0.453 e. The molecule has 0 bridgehead atoms. The number of nitrogens with one attached hydrogen (secondary N) is 1. The number of rotatable bonds is 4. The van der Waals surface area contributed by atoms with Gasteiger partial charge in [-0.3, -0.25) is 4.79 Å². The second-order valence-corrected chi connectivity index (χ2v) is 8.11. The second kappa shape index (κ2) is 7.94. The Hall–Kier alpha value is -1.30. The summed E-state index contributed by atoms with van der Waals surface area (Å²) >= 11 is 0. The number of ether oxygens (including phenoxy) is 2. The first-order valence-corrected chi connectivity index (χ1v) is 9.77. The van der Waals surface area contributed by atoms with E-state index in [1.54, 1.807) is 0 Å². The fourth-order valence-electron chi connectivity index (χ4n) is 5.03. The zero-order chi connectivity index (χ0) is 18.0. The van der Waals surface area contributed by atoms with Crippen molar-refractivity contribution in [3.63, 3.8) is 0 Å². The lowest BCUT2D eigenvalue weighted by Gasteiger charge is -2.38. The quantitative estimate of drug-likeness (QED) is 0.844. The average Bonchev–Trinajstić information content (AvgIpc) is 3.20. The molecule has 1 unspecified atom stereocenters. The van der Waals surface area contributed by atoms with Gasteiger partial charge in [-0.15, -0.1) is 0 Å². The van der Waals surface area contributed by atoms with Crippen LogP contribution in [0.15, 0.2) is 0 Å². The summed E-state index contributed by atoms with van der Waals surface area (Å²) in [5, 5.41) is 2.84. The average molecular weight is 352 g/mol. The van der Waals surface area contributed by atoms with Gasteiger partial charge >= 0.3 is 6.09 Å². The molecule has 6 nitrogen and oxygen atoms in total. The Kier molecular flexibility index (Phi) is 5.87. The Morgan fingerprint density at radius 2 is 1.88 bits per heavy atom. The molecule has 2 saturated heterocycles. The van der Waals surface area contributed by atoms with Crippen molar-refractivity contribution in [1.29, 1.82) is 0 Å². The lowest BCUT2D eigenvalue weighted by atomic mass is 9.90. The Bertz CT molecular complexity index is 490. The molecule has 25 heavy (non-hydrogen) atoms. The molecule has 0 radical (unpaired) electrons. The van der Waals surface area contributed by atoms with E-state index < -0.39 is 12.1 Å². The Balaban J connectivity index is 1.82. The predicted molar refractivity (Wildman–Crippen MR) is 94.1 cm³/mol. The van der Waals surface area contributed by atoms with E-state index in [-0.39, 0.29) is 17.9 Å². The summed E-state index contributed by atoms with van der Waals surface area (Å²) in [4.78, 5) is 27.6. The van der Waals surface area contributed by atoms with Gasteiger partial charge in [0, 0.05) is 25.3 Å². The molecule has 142 valence electrons. The smallest absolute Gasteiger partial charge is 0.407 e. The number of carbonyl (C=O) groups excluding carboxylic acids is 2. The standard InChI is InChI=1S/C19H32N2O4/c1-12(2)16-11-14-5-4-6-15(14)21(16)18(22)17(20-19(23)24-3)13-7-9-25-10-8-13/h12-17H,4-11H2,1-3H3,(H,20,23)/t14-,15-,16?,17-/m0/s1. The minimum absolute atomic E-state index is 0.0883. The topological polar surface area (TPSA) is 67.9 Å². The van der Waals surface area contributed by atoms with Crippen LogP contribution in [0.5, 0.6) is 0 Å². The highest BCUT2D eigenvalue weighted by Crippen LogP contribution is 2.44. The summed E-state index contributed by atoms with van der Waals surface area (Å²) in [5.41, 5.74) is 0. The largest absolute Gasteiger partial charge is 0.453 e.